The molecule has 96 valence electrons. The summed E-state index contributed by atoms with van der Waals surface area (Å²) in [5.74, 6) is 1.12. The first kappa shape index (κ1) is 11.8. The number of fused-ring (bicyclic) bond motifs is 1. The van der Waals surface area contributed by atoms with Gasteiger partial charge in [0.15, 0.2) is 5.82 Å². The van der Waals surface area contributed by atoms with Crippen LogP contribution in [0.5, 0.6) is 5.88 Å². The van der Waals surface area contributed by atoms with E-state index in [9.17, 15) is 5.11 Å². The summed E-state index contributed by atoms with van der Waals surface area (Å²) in [5, 5.41) is 13.8. The molecule has 0 aliphatic rings. The van der Waals surface area contributed by atoms with Gasteiger partial charge < -0.3 is 15.4 Å². The summed E-state index contributed by atoms with van der Waals surface area (Å²) in [6.07, 6.45) is 1.63. The highest BCUT2D eigenvalue weighted by Crippen LogP contribution is 2.32. The normalized spacial score (nSPS) is 10.8. The van der Waals surface area contributed by atoms with Gasteiger partial charge in [-0.3, -0.25) is 0 Å². The number of halogens is 1. The highest BCUT2D eigenvalue weighted by Gasteiger charge is 2.14. The predicted molar refractivity (Wildman–Crippen MR) is 75.5 cm³/mol. The van der Waals surface area contributed by atoms with E-state index in [2.05, 4.69) is 20.3 Å². The van der Waals surface area contributed by atoms with Gasteiger partial charge in [-0.25, -0.2) is 9.97 Å². The fourth-order valence-corrected chi connectivity index (χ4v) is 2.19. The number of aromatic amines is 1. The van der Waals surface area contributed by atoms with Crippen molar-refractivity contribution in [3.63, 3.8) is 0 Å². The number of H-pyrrole nitrogens is 1. The summed E-state index contributed by atoms with van der Waals surface area (Å²) < 4.78 is 0. The van der Waals surface area contributed by atoms with Crippen molar-refractivity contribution >= 4 is 28.3 Å². The van der Waals surface area contributed by atoms with Gasteiger partial charge in [-0.15, -0.1) is 0 Å². The summed E-state index contributed by atoms with van der Waals surface area (Å²) in [6, 6.07) is 7.38. The molecule has 2 heterocycles. The Hall–Kier alpha value is -2.27. The Labute approximate surface area is 114 Å². The van der Waals surface area contributed by atoms with Crippen LogP contribution in [-0.4, -0.2) is 27.1 Å². The van der Waals surface area contributed by atoms with Crippen LogP contribution in [0.3, 0.4) is 0 Å². The van der Waals surface area contributed by atoms with Crippen LogP contribution < -0.4 is 5.32 Å². The van der Waals surface area contributed by atoms with E-state index in [4.69, 9.17) is 11.6 Å². The molecule has 6 heteroatoms. The van der Waals surface area contributed by atoms with Crippen LogP contribution >= 0.6 is 11.6 Å². The van der Waals surface area contributed by atoms with Crippen LogP contribution in [-0.2, 0) is 0 Å². The van der Waals surface area contributed by atoms with Gasteiger partial charge in [0.05, 0.1) is 10.5 Å². The zero-order chi connectivity index (χ0) is 13.4. The van der Waals surface area contributed by atoms with E-state index in [1.807, 2.05) is 18.2 Å². The molecule has 0 bridgehead atoms. The number of benzene rings is 1. The first-order chi connectivity index (χ1) is 9.20. The van der Waals surface area contributed by atoms with Gasteiger partial charge in [-0.2, -0.15) is 0 Å². The van der Waals surface area contributed by atoms with Gasteiger partial charge >= 0.3 is 0 Å². The van der Waals surface area contributed by atoms with Crippen molar-refractivity contribution < 1.29 is 5.11 Å². The molecule has 3 aromatic rings. The molecule has 0 fully saturated rings. The lowest BCUT2D eigenvalue weighted by Crippen LogP contribution is -1.97. The number of anilines is 1. The molecule has 0 unspecified atom stereocenters. The van der Waals surface area contributed by atoms with Crippen molar-refractivity contribution in [1.82, 2.24) is 15.0 Å². The predicted octanol–water partition coefficient (Wildman–Crippen LogP) is 3.03. The zero-order valence-corrected chi connectivity index (χ0v) is 10.9. The van der Waals surface area contributed by atoms with Crippen LogP contribution in [0, 0.1) is 0 Å². The molecular formula is C13H11ClN4O. The molecule has 0 radical (unpaired) electrons. The molecule has 0 saturated carbocycles. The number of nitrogens with zero attached hydrogens (tertiary/aromatic N) is 2. The maximum atomic E-state index is 9.74. The molecule has 1 aromatic carbocycles. The highest BCUT2D eigenvalue weighted by molar-refractivity contribution is 6.33. The second-order valence-corrected chi connectivity index (χ2v) is 4.43. The number of hydrogen-bond donors (Lipinski definition) is 3. The maximum Gasteiger partial charge on any atom is 0.201 e. The minimum atomic E-state index is 0.0464. The van der Waals surface area contributed by atoms with Gasteiger partial charge in [-0.1, -0.05) is 23.7 Å². The summed E-state index contributed by atoms with van der Waals surface area (Å²) in [7, 11) is 1.74. The Balaban J connectivity index is 2.29. The average molecular weight is 275 g/mol. The molecule has 0 spiro atoms. The molecule has 3 rings (SSSR count). The third-order valence-electron chi connectivity index (χ3n) is 2.87. The van der Waals surface area contributed by atoms with E-state index in [0.717, 1.165) is 5.56 Å². The molecule has 5 nitrogen and oxygen atoms in total. The van der Waals surface area contributed by atoms with Gasteiger partial charge in [-0.05, 0) is 12.1 Å². The topological polar surface area (TPSA) is 73.8 Å². The van der Waals surface area contributed by atoms with Crippen LogP contribution in [0.4, 0.5) is 5.82 Å². The quantitative estimate of drug-likeness (QED) is 0.671. The molecule has 0 aliphatic heterocycles. The number of nitrogens with one attached hydrogen (secondary N) is 2. The third-order valence-corrected chi connectivity index (χ3v) is 3.20. The van der Waals surface area contributed by atoms with E-state index in [-0.39, 0.29) is 5.88 Å². The fourth-order valence-electron chi connectivity index (χ4n) is 1.97. The van der Waals surface area contributed by atoms with Gasteiger partial charge in [0.25, 0.3) is 0 Å². The van der Waals surface area contributed by atoms with Crippen LogP contribution in [0.1, 0.15) is 0 Å². The Morgan fingerprint density at radius 3 is 2.79 bits per heavy atom. The summed E-state index contributed by atoms with van der Waals surface area (Å²) in [4.78, 5) is 11.5. The third kappa shape index (κ3) is 1.88. The molecular weight excluding hydrogens is 264 g/mol. The Morgan fingerprint density at radius 2 is 2.05 bits per heavy atom. The first-order valence-corrected chi connectivity index (χ1v) is 6.09. The fraction of sp³-hybridized carbons (Fsp3) is 0.0769. The molecule has 3 N–H and O–H groups in total. The van der Waals surface area contributed by atoms with Crippen LogP contribution in [0.2, 0.25) is 5.02 Å². The zero-order valence-electron chi connectivity index (χ0n) is 10.1. The smallest absolute Gasteiger partial charge is 0.201 e. The standard InChI is InChI=1S/C13H11ClN4O/c1-15-12-10-9(6-16-13(10)19)17-11(18-12)7-4-2-3-5-8(7)14/h2-6,16,19H,1H3,(H,15,17,18). The SMILES string of the molecule is CNc1nc(-c2ccccc2Cl)nc2c[nH]c(O)c12. The minimum absolute atomic E-state index is 0.0464. The summed E-state index contributed by atoms with van der Waals surface area (Å²) in [6.45, 7) is 0. The molecule has 0 saturated heterocycles. The van der Waals surface area contributed by atoms with E-state index in [1.165, 1.54) is 0 Å². The van der Waals surface area contributed by atoms with Crippen molar-refractivity contribution in [1.29, 1.82) is 0 Å². The number of hydrogen-bond acceptors (Lipinski definition) is 4. The van der Waals surface area contributed by atoms with Gasteiger partial charge in [0.1, 0.15) is 11.2 Å². The molecule has 0 aliphatic carbocycles. The molecule has 19 heavy (non-hydrogen) atoms. The summed E-state index contributed by atoms with van der Waals surface area (Å²) in [5.41, 5.74) is 1.38. The van der Waals surface area contributed by atoms with Crippen molar-refractivity contribution in [2.75, 3.05) is 12.4 Å². The van der Waals surface area contributed by atoms with E-state index < -0.39 is 0 Å². The highest BCUT2D eigenvalue weighted by atomic mass is 35.5. The second-order valence-electron chi connectivity index (χ2n) is 4.02. The van der Waals surface area contributed by atoms with Crippen molar-refractivity contribution in [2.24, 2.45) is 0 Å². The van der Waals surface area contributed by atoms with Crippen molar-refractivity contribution in [3.05, 3.63) is 35.5 Å². The molecule has 2 aromatic heterocycles. The van der Waals surface area contributed by atoms with Gasteiger partial charge in [0.2, 0.25) is 5.88 Å². The molecule has 0 atom stereocenters. The first-order valence-electron chi connectivity index (χ1n) is 5.71. The van der Waals surface area contributed by atoms with E-state index in [0.29, 0.717) is 27.6 Å². The Bertz CT molecular complexity index is 753. The second kappa shape index (κ2) is 4.44. The van der Waals surface area contributed by atoms with E-state index in [1.54, 1.807) is 19.3 Å². The van der Waals surface area contributed by atoms with Crippen molar-refractivity contribution in [2.45, 2.75) is 0 Å². The Kier molecular flexibility index (Phi) is 2.76. The summed E-state index contributed by atoms with van der Waals surface area (Å²) >= 11 is 6.15. The van der Waals surface area contributed by atoms with Crippen LogP contribution in [0.15, 0.2) is 30.5 Å². The van der Waals surface area contributed by atoms with Gasteiger partial charge in [0, 0.05) is 18.8 Å². The lowest BCUT2D eigenvalue weighted by atomic mass is 10.2. The minimum Gasteiger partial charge on any atom is -0.494 e. The largest absolute Gasteiger partial charge is 0.494 e. The lowest BCUT2D eigenvalue weighted by molar-refractivity contribution is 0.462. The monoisotopic (exact) mass is 274 g/mol. The number of aromatic nitrogens is 3. The van der Waals surface area contributed by atoms with Crippen LogP contribution in [0.25, 0.3) is 22.3 Å². The Morgan fingerprint density at radius 1 is 1.26 bits per heavy atom. The lowest BCUT2D eigenvalue weighted by Gasteiger charge is -2.07. The number of rotatable bonds is 2. The number of aromatic hydroxyl groups is 1. The average Bonchev–Trinajstić information content (AvgIpc) is 2.80. The maximum absolute atomic E-state index is 9.74. The molecule has 0 amide bonds. The van der Waals surface area contributed by atoms with E-state index >= 15 is 0 Å². The van der Waals surface area contributed by atoms with Crippen molar-refractivity contribution in [3.8, 4) is 17.3 Å².